The lowest BCUT2D eigenvalue weighted by molar-refractivity contribution is 0.475. The van der Waals surface area contributed by atoms with E-state index in [4.69, 9.17) is 0 Å². The van der Waals surface area contributed by atoms with Gasteiger partial charge in [0.25, 0.3) is 0 Å². The van der Waals surface area contributed by atoms with E-state index in [1.807, 2.05) is 30.3 Å². The van der Waals surface area contributed by atoms with Crippen molar-refractivity contribution in [1.82, 2.24) is 14.6 Å². The molecule has 0 aliphatic carbocycles. The number of phenols is 1. The smallest absolute Gasteiger partial charge is 0.242 e. The van der Waals surface area contributed by atoms with Crippen LogP contribution in [0.15, 0.2) is 42.5 Å². The summed E-state index contributed by atoms with van der Waals surface area (Å²) in [7, 11) is 1.79. The fraction of sp³-hybridized carbons (Fsp3) is 0.0769. The van der Waals surface area contributed by atoms with Crippen LogP contribution < -0.4 is 5.32 Å². The highest BCUT2D eigenvalue weighted by molar-refractivity contribution is 5.64. The maximum atomic E-state index is 9.31. The molecule has 1 aromatic carbocycles. The Morgan fingerprint density at radius 3 is 2.61 bits per heavy atom. The number of phenolic OH excluding ortho intramolecular Hbond substituents is 1. The van der Waals surface area contributed by atoms with Crippen LogP contribution in [0.2, 0.25) is 0 Å². The Morgan fingerprint density at radius 2 is 1.89 bits per heavy atom. The molecule has 0 fully saturated rings. The molecule has 0 spiro atoms. The lowest BCUT2D eigenvalue weighted by atomic mass is 10.1. The van der Waals surface area contributed by atoms with Crippen molar-refractivity contribution in [1.29, 1.82) is 0 Å². The van der Waals surface area contributed by atoms with Gasteiger partial charge in [-0.25, -0.2) is 4.52 Å². The highest BCUT2D eigenvalue weighted by Crippen LogP contribution is 2.22. The molecule has 2 aromatic heterocycles. The number of anilines is 1. The minimum Gasteiger partial charge on any atom is -0.508 e. The number of nitrogens with one attached hydrogen (secondary N) is 1. The Hall–Kier alpha value is -2.56. The molecule has 2 N–H and O–H groups in total. The van der Waals surface area contributed by atoms with Gasteiger partial charge in [0.05, 0.1) is 5.69 Å². The Balaban J connectivity index is 2.22. The minimum absolute atomic E-state index is 0.250. The quantitative estimate of drug-likeness (QED) is 0.720. The largest absolute Gasteiger partial charge is 0.508 e. The summed E-state index contributed by atoms with van der Waals surface area (Å²) in [5, 5.41) is 16.6. The second kappa shape index (κ2) is 4.03. The summed E-state index contributed by atoms with van der Waals surface area (Å²) in [4.78, 5) is 4.33. The summed E-state index contributed by atoms with van der Waals surface area (Å²) in [5.74, 6) is 0.835. The zero-order valence-corrected chi connectivity index (χ0v) is 9.83. The van der Waals surface area contributed by atoms with Crippen molar-refractivity contribution in [3.05, 3.63) is 42.5 Å². The number of pyridine rings is 1. The third-order valence-electron chi connectivity index (χ3n) is 2.75. The van der Waals surface area contributed by atoms with Crippen LogP contribution in [0.25, 0.3) is 16.9 Å². The van der Waals surface area contributed by atoms with Crippen molar-refractivity contribution in [3.63, 3.8) is 0 Å². The molecule has 2 heterocycles. The molecule has 0 bridgehead atoms. The van der Waals surface area contributed by atoms with Gasteiger partial charge in [0.2, 0.25) is 5.95 Å². The van der Waals surface area contributed by atoms with Crippen LogP contribution in [0, 0.1) is 0 Å². The highest BCUT2D eigenvalue weighted by atomic mass is 16.3. The number of benzene rings is 1. The molecule has 5 heteroatoms. The van der Waals surface area contributed by atoms with E-state index < -0.39 is 0 Å². The van der Waals surface area contributed by atoms with E-state index >= 15 is 0 Å². The summed E-state index contributed by atoms with van der Waals surface area (Å²) in [6.07, 6.45) is 0. The lowest BCUT2D eigenvalue weighted by Crippen LogP contribution is -1.94. The van der Waals surface area contributed by atoms with Gasteiger partial charge in [-0.1, -0.05) is 6.07 Å². The Labute approximate surface area is 104 Å². The normalized spacial score (nSPS) is 10.7. The average Bonchev–Trinajstić information content (AvgIpc) is 2.82. The number of fused-ring (bicyclic) bond motifs is 1. The SMILES string of the molecule is CNc1nc2cccc(-c3ccc(O)cc3)n2n1. The van der Waals surface area contributed by atoms with Gasteiger partial charge in [-0.05, 0) is 36.4 Å². The van der Waals surface area contributed by atoms with Crippen LogP contribution in [0.5, 0.6) is 5.75 Å². The predicted octanol–water partition coefficient (Wildman–Crippen LogP) is 2.14. The Morgan fingerprint density at radius 1 is 1.11 bits per heavy atom. The summed E-state index contributed by atoms with van der Waals surface area (Å²) in [5.41, 5.74) is 2.69. The number of rotatable bonds is 2. The molecular weight excluding hydrogens is 228 g/mol. The topological polar surface area (TPSA) is 62.5 Å². The molecule has 3 rings (SSSR count). The Kier molecular flexibility index (Phi) is 2.37. The van der Waals surface area contributed by atoms with Crippen molar-refractivity contribution in [2.45, 2.75) is 0 Å². The van der Waals surface area contributed by atoms with Crippen molar-refractivity contribution in [3.8, 4) is 17.0 Å². The van der Waals surface area contributed by atoms with Gasteiger partial charge in [-0.3, -0.25) is 0 Å². The van der Waals surface area contributed by atoms with Crippen molar-refractivity contribution < 1.29 is 5.11 Å². The number of hydrogen-bond acceptors (Lipinski definition) is 4. The maximum Gasteiger partial charge on any atom is 0.242 e. The molecule has 0 aliphatic rings. The van der Waals surface area contributed by atoms with Crippen LogP contribution in [-0.4, -0.2) is 26.8 Å². The number of hydrogen-bond donors (Lipinski definition) is 2. The van der Waals surface area contributed by atoms with E-state index in [0.29, 0.717) is 5.95 Å². The van der Waals surface area contributed by atoms with Crippen LogP contribution >= 0.6 is 0 Å². The van der Waals surface area contributed by atoms with Crippen LogP contribution in [0.1, 0.15) is 0 Å². The predicted molar refractivity (Wildman–Crippen MR) is 69.6 cm³/mol. The van der Waals surface area contributed by atoms with Gasteiger partial charge in [-0.2, -0.15) is 4.98 Å². The van der Waals surface area contributed by atoms with E-state index in [-0.39, 0.29) is 5.75 Å². The standard InChI is InChI=1S/C13H12N4O/c1-14-13-15-12-4-2-3-11(17(12)16-13)9-5-7-10(18)8-6-9/h2-8,18H,1H3,(H,14,16). The summed E-state index contributed by atoms with van der Waals surface area (Å²) >= 11 is 0. The van der Waals surface area contributed by atoms with E-state index in [1.54, 1.807) is 23.7 Å². The molecule has 3 aromatic rings. The van der Waals surface area contributed by atoms with E-state index in [9.17, 15) is 5.11 Å². The molecule has 0 radical (unpaired) electrons. The molecule has 0 amide bonds. The summed E-state index contributed by atoms with van der Waals surface area (Å²) < 4.78 is 1.78. The third-order valence-corrected chi connectivity index (χ3v) is 2.75. The second-order valence-corrected chi connectivity index (χ2v) is 3.91. The highest BCUT2D eigenvalue weighted by Gasteiger charge is 2.07. The Bertz CT molecular complexity index is 688. The third kappa shape index (κ3) is 1.66. The maximum absolute atomic E-state index is 9.31. The first-order valence-corrected chi connectivity index (χ1v) is 5.61. The second-order valence-electron chi connectivity index (χ2n) is 3.91. The average molecular weight is 240 g/mol. The number of nitrogens with zero attached hydrogens (tertiary/aromatic N) is 3. The van der Waals surface area contributed by atoms with Gasteiger partial charge in [0.15, 0.2) is 5.65 Å². The fourth-order valence-corrected chi connectivity index (χ4v) is 1.86. The minimum atomic E-state index is 0.250. The summed E-state index contributed by atoms with van der Waals surface area (Å²) in [6, 6.07) is 12.8. The van der Waals surface area contributed by atoms with Gasteiger partial charge in [0, 0.05) is 12.6 Å². The molecule has 18 heavy (non-hydrogen) atoms. The molecule has 5 nitrogen and oxygen atoms in total. The van der Waals surface area contributed by atoms with Crippen LogP contribution in [0.4, 0.5) is 5.95 Å². The molecule has 0 unspecified atom stereocenters. The first kappa shape index (κ1) is 10.6. The molecule has 0 saturated carbocycles. The zero-order chi connectivity index (χ0) is 12.5. The first-order chi connectivity index (χ1) is 8.78. The van der Waals surface area contributed by atoms with Gasteiger partial charge in [-0.15, -0.1) is 5.10 Å². The van der Waals surface area contributed by atoms with Gasteiger partial charge < -0.3 is 10.4 Å². The molecular formula is C13H12N4O. The molecule has 0 saturated heterocycles. The number of aromatic nitrogens is 3. The van der Waals surface area contributed by atoms with Gasteiger partial charge in [0.1, 0.15) is 5.75 Å². The summed E-state index contributed by atoms with van der Waals surface area (Å²) in [6.45, 7) is 0. The fourth-order valence-electron chi connectivity index (χ4n) is 1.86. The lowest BCUT2D eigenvalue weighted by Gasteiger charge is -2.03. The number of aromatic hydroxyl groups is 1. The zero-order valence-electron chi connectivity index (χ0n) is 9.83. The van der Waals surface area contributed by atoms with E-state index in [2.05, 4.69) is 15.4 Å². The van der Waals surface area contributed by atoms with Crippen molar-refractivity contribution in [2.24, 2.45) is 0 Å². The molecule has 90 valence electrons. The first-order valence-electron chi connectivity index (χ1n) is 5.61. The van der Waals surface area contributed by atoms with E-state index in [0.717, 1.165) is 16.9 Å². The van der Waals surface area contributed by atoms with Crippen LogP contribution in [0.3, 0.4) is 0 Å². The van der Waals surface area contributed by atoms with E-state index in [1.165, 1.54) is 0 Å². The molecule has 0 aliphatic heterocycles. The molecule has 0 atom stereocenters. The van der Waals surface area contributed by atoms with Crippen molar-refractivity contribution >= 4 is 11.6 Å². The van der Waals surface area contributed by atoms with Crippen molar-refractivity contribution in [2.75, 3.05) is 12.4 Å². The van der Waals surface area contributed by atoms with Gasteiger partial charge >= 0.3 is 0 Å². The van der Waals surface area contributed by atoms with Crippen LogP contribution in [-0.2, 0) is 0 Å². The monoisotopic (exact) mass is 240 g/mol.